The zero-order chi connectivity index (χ0) is 17.2. The number of fused-ring (bicyclic) bond motifs is 1. The highest BCUT2D eigenvalue weighted by atomic mass is 79.9. The second-order valence-corrected chi connectivity index (χ2v) is 7.00. The third-order valence-electron chi connectivity index (χ3n) is 4.36. The number of pyridine rings is 1. The van der Waals surface area contributed by atoms with E-state index in [4.69, 9.17) is 0 Å². The minimum absolute atomic E-state index is 0.0829. The maximum absolute atomic E-state index is 12.4. The number of carbonyl (C=O) groups is 1. The van der Waals surface area contributed by atoms with Crippen LogP contribution in [0.4, 0.5) is 0 Å². The van der Waals surface area contributed by atoms with Crippen LogP contribution in [0.25, 0.3) is 22.6 Å². The maximum atomic E-state index is 12.4. The van der Waals surface area contributed by atoms with Gasteiger partial charge >= 0.3 is 0 Å². The third-order valence-corrected chi connectivity index (χ3v) is 5.02. The first kappa shape index (κ1) is 16.2. The summed E-state index contributed by atoms with van der Waals surface area (Å²) in [7, 11) is 0. The van der Waals surface area contributed by atoms with Crippen LogP contribution >= 0.6 is 15.9 Å². The number of carbonyl (C=O) groups excluding carboxylic acids is 1. The van der Waals surface area contributed by atoms with Gasteiger partial charge in [-0.2, -0.15) is 0 Å². The number of aromatic nitrogens is 3. The van der Waals surface area contributed by atoms with Crippen LogP contribution in [0.15, 0.2) is 41.0 Å². The van der Waals surface area contributed by atoms with E-state index < -0.39 is 0 Å². The molecule has 1 saturated heterocycles. The second kappa shape index (κ2) is 6.93. The highest BCUT2D eigenvalue weighted by molar-refractivity contribution is 9.10. The Hall–Kier alpha value is -2.25. The number of H-pyrrole nitrogens is 1. The quantitative estimate of drug-likeness (QED) is 0.706. The fraction of sp³-hybridized carbons (Fsp3) is 0.278. The van der Waals surface area contributed by atoms with Crippen LogP contribution in [0.1, 0.15) is 29.6 Å². The molecule has 3 aromatic rings. The van der Waals surface area contributed by atoms with Gasteiger partial charge in [0.05, 0.1) is 5.52 Å². The Morgan fingerprint density at radius 3 is 2.80 bits per heavy atom. The molecule has 4 rings (SSSR count). The molecular formula is C18H18BrN5O. The van der Waals surface area contributed by atoms with Crippen molar-refractivity contribution in [3.63, 3.8) is 0 Å². The molecule has 1 aliphatic rings. The summed E-state index contributed by atoms with van der Waals surface area (Å²) >= 11 is 3.56. The summed E-state index contributed by atoms with van der Waals surface area (Å²) in [5.41, 5.74) is 6.06. The standard InChI is InChI=1S/C18H18BrN5O/c19-14-11-12(18(25)23-24-9-2-1-3-10-24)6-7-13(14)16-21-15-5-4-8-20-17(15)22-16/h4-8,11H,1-3,9-10H2,(H,23,25)(H,20,21,22). The van der Waals surface area contributed by atoms with Gasteiger partial charge in [0, 0.05) is 34.9 Å². The summed E-state index contributed by atoms with van der Waals surface area (Å²) in [5, 5.41) is 2.00. The molecule has 1 fully saturated rings. The maximum Gasteiger partial charge on any atom is 0.265 e. The van der Waals surface area contributed by atoms with E-state index in [9.17, 15) is 4.79 Å². The van der Waals surface area contributed by atoms with Crippen molar-refractivity contribution in [2.75, 3.05) is 13.1 Å². The van der Waals surface area contributed by atoms with Crippen LogP contribution in [0.2, 0.25) is 0 Å². The highest BCUT2D eigenvalue weighted by Crippen LogP contribution is 2.28. The predicted octanol–water partition coefficient (Wildman–Crippen LogP) is 3.52. The first-order valence-electron chi connectivity index (χ1n) is 8.37. The van der Waals surface area contributed by atoms with Crippen LogP contribution in [0.3, 0.4) is 0 Å². The van der Waals surface area contributed by atoms with Crippen molar-refractivity contribution in [3.05, 3.63) is 46.6 Å². The first-order valence-corrected chi connectivity index (χ1v) is 9.16. The second-order valence-electron chi connectivity index (χ2n) is 6.14. The Labute approximate surface area is 153 Å². The lowest BCUT2D eigenvalue weighted by atomic mass is 10.1. The van der Waals surface area contributed by atoms with Crippen molar-refractivity contribution < 1.29 is 4.79 Å². The molecule has 25 heavy (non-hydrogen) atoms. The van der Waals surface area contributed by atoms with E-state index in [1.165, 1.54) is 6.42 Å². The molecule has 128 valence electrons. The number of benzene rings is 1. The molecule has 2 aromatic heterocycles. The lowest BCUT2D eigenvalue weighted by Gasteiger charge is -2.26. The Kier molecular flexibility index (Phi) is 4.50. The molecule has 6 nitrogen and oxygen atoms in total. The molecule has 7 heteroatoms. The number of hydrazine groups is 1. The summed E-state index contributed by atoms with van der Waals surface area (Å²) in [6.07, 6.45) is 5.21. The van der Waals surface area contributed by atoms with Gasteiger partial charge in [0.25, 0.3) is 5.91 Å². The number of nitrogens with one attached hydrogen (secondary N) is 2. The molecule has 2 N–H and O–H groups in total. The number of rotatable bonds is 3. The number of hydrogen-bond acceptors (Lipinski definition) is 4. The van der Waals surface area contributed by atoms with Crippen molar-refractivity contribution in [2.45, 2.75) is 19.3 Å². The van der Waals surface area contributed by atoms with Crippen LogP contribution in [-0.2, 0) is 0 Å². The number of piperidine rings is 1. The molecule has 0 radical (unpaired) electrons. The number of nitrogens with zero attached hydrogens (tertiary/aromatic N) is 3. The SMILES string of the molecule is O=C(NN1CCCCC1)c1ccc(-c2nc3ncccc3[nH]2)c(Br)c1. The molecular weight excluding hydrogens is 382 g/mol. The Balaban J connectivity index is 1.56. The number of aromatic amines is 1. The largest absolute Gasteiger partial charge is 0.337 e. The summed E-state index contributed by atoms with van der Waals surface area (Å²) < 4.78 is 0.817. The van der Waals surface area contributed by atoms with Gasteiger partial charge in [-0.05, 0) is 43.2 Å². The van der Waals surface area contributed by atoms with Crippen molar-refractivity contribution in [1.29, 1.82) is 0 Å². The van der Waals surface area contributed by atoms with E-state index in [0.717, 1.165) is 47.3 Å². The first-order chi connectivity index (χ1) is 12.2. The number of hydrogen-bond donors (Lipinski definition) is 2. The van der Waals surface area contributed by atoms with Gasteiger partial charge in [0.15, 0.2) is 5.65 Å². The van der Waals surface area contributed by atoms with Gasteiger partial charge < -0.3 is 4.98 Å². The summed E-state index contributed by atoms with van der Waals surface area (Å²) in [6.45, 7) is 1.83. The van der Waals surface area contributed by atoms with Gasteiger partial charge in [-0.1, -0.05) is 22.4 Å². The van der Waals surface area contributed by atoms with Crippen molar-refractivity contribution in [1.82, 2.24) is 25.4 Å². The normalized spacial score (nSPS) is 15.4. The molecule has 0 aliphatic carbocycles. The van der Waals surface area contributed by atoms with E-state index >= 15 is 0 Å². The van der Waals surface area contributed by atoms with Gasteiger partial charge in [-0.15, -0.1) is 0 Å². The molecule has 0 unspecified atom stereocenters. The van der Waals surface area contributed by atoms with Gasteiger partial charge in [-0.25, -0.2) is 15.0 Å². The molecule has 0 spiro atoms. The Bertz CT molecular complexity index is 884. The topological polar surface area (TPSA) is 73.9 Å². The van der Waals surface area contributed by atoms with E-state index in [1.54, 1.807) is 6.20 Å². The number of halogens is 1. The van der Waals surface area contributed by atoms with Gasteiger partial charge in [-0.3, -0.25) is 10.2 Å². The van der Waals surface area contributed by atoms with Crippen molar-refractivity contribution >= 4 is 33.0 Å². The zero-order valence-electron chi connectivity index (χ0n) is 13.6. The van der Waals surface area contributed by atoms with Gasteiger partial charge in [0.2, 0.25) is 0 Å². The monoisotopic (exact) mass is 399 g/mol. The lowest BCUT2D eigenvalue weighted by molar-refractivity contribution is 0.0750. The summed E-state index contributed by atoms with van der Waals surface area (Å²) in [5.74, 6) is 0.643. The number of amides is 1. The third kappa shape index (κ3) is 3.43. The fourth-order valence-electron chi connectivity index (χ4n) is 3.03. The summed E-state index contributed by atoms with van der Waals surface area (Å²) in [4.78, 5) is 24.4. The lowest BCUT2D eigenvalue weighted by Crippen LogP contribution is -2.45. The van der Waals surface area contributed by atoms with Crippen LogP contribution in [-0.4, -0.2) is 39.0 Å². The zero-order valence-corrected chi connectivity index (χ0v) is 15.2. The fourth-order valence-corrected chi connectivity index (χ4v) is 3.60. The Morgan fingerprint density at radius 1 is 1.20 bits per heavy atom. The van der Waals surface area contributed by atoms with Crippen LogP contribution in [0, 0.1) is 0 Å². The van der Waals surface area contributed by atoms with E-state index in [0.29, 0.717) is 11.2 Å². The molecule has 0 bridgehead atoms. The molecule has 0 saturated carbocycles. The molecule has 3 heterocycles. The molecule has 0 atom stereocenters. The average molecular weight is 400 g/mol. The van der Waals surface area contributed by atoms with E-state index in [1.807, 2.05) is 35.3 Å². The van der Waals surface area contributed by atoms with Crippen LogP contribution < -0.4 is 5.43 Å². The highest BCUT2D eigenvalue weighted by Gasteiger charge is 2.16. The molecule has 1 amide bonds. The minimum Gasteiger partial charge on any atom is -0.337 e. The minimum atomic E-state index is -0.0829. The van der Waals surface area contributed by atoms with E-state index in [2.05, 4.69) is 36.3 Å². The average Bonchev–Trinajstić information content (AvgIpc) is 3.06. The van der Waals surface area contributed by atoms with Crippen molar-refractivity contribution in [3.8, 4) is 11.4 Å². The van der Waals surface area contributed by atoms with E-state index in [-0.39, 0.29) is 5.91 Å². The predicted molar refractivity (Wildman–Crippen MR) is 99.9 cm³/mol. The van der Waals surface area contributed by atoms with Crippen LogP contribution in [0.5, 0.6) is 0 Å². The smallest absolute Gasteiger partial charge is 0.265 e. The molecule has 1 aromatic carbocycles. The van der Waals surface area contributed by atoms with Crippen molar-refractivity contribution in [2.24, 2.45) is 0 Å². The number of imidazole rings is 1. The van der Waals surface area contributed by atoms with Gasteiger partial charge in [0.1, 0.15) is 5.82 Å². The Morgan fingerprint density at radius 2 is 2.04 bits per heavy atom. The molecule has 1 aliphatic heterocycles. The summed E-state index contributed by atoms with van der Waals surface area (Å²) in [6, 6.07) is 9.35.